The third-order valence-corrected chi connectivity index (χ3v) is 6.74. The predicted molar refractivity (Wildman–Crippen MR) is 99.2 cm³/mol. The SMILES string of the molecule is CC1c2ccc(C3=C(C(=O)O)C=CC(=C=O)C3)cc2C(C)(C)C1(C)C. The second-order valence-electron chi connectivity index (χ2n) is 8.21. The summed E-state index contributed by atoms with van der Waals surface area (Å²) in [5.41, 5.74) is 4.99. The molecule has 0 spiro atoms. The van der Waals surface area contributed by atoms with Crippen LogP contribution in [-0.2, 0) is 15.0 Å². The maximum atomic E-state index is 11.6. The third kappa shape index (κ3) is 2.42. The summed E-state index contributed by atoms with van der Waals surface area (Å²) in [6.45, 7) is 11.3. The van der Waals surface area contributed by atoms with Gasteiger partial charge in [0.05, 0.1) is 5.57 Å². The van der Waals surface area contributed by atoms with Gasteiger partial charge in [-0.3, -0.25) is 0 Å². The molecule has 0 heterocycles. The fourth-order valence-electron chi connectivity index (χ4n) is 4.10. The number of hydrogen-bond acceptors (Lipinski definition) is 2. The zero-order valence-corrected chi connectivity index (χ0v) is 15.4. The highest BCUT2D eigenvalue weighted by Gasteiger charge is 2.50. The molecule has 1 N–H and O–H groups in total. The van der Waals surface area contributed by atoms with Crippen molar-refractivity contribution < 1.29 is 14.7 Å². The molecule has 0 aliphatic heterocycles. The summed E-state index contributed by atoms with van der Waals surface area (Å²) in [6, 6.07) is 6.24. The molecule has 1 unspecified atom stereocenters. The number of hydrogen-bond donors (Lipinski definition) is 1. The molecule has 25 heavy (non-hydrogen) atoms. The first-order valence-corrected chi connectivity index (χ1v) is 8.64. The zero-order chi connectivity index (χ0) is 18.6. The Balaban J connectivity index is 2.20. The summed E-state index contributed by atoms with van der Waals surface area (Å²) in [5.74, 6) is 1.36. The first-order chi connectivity index (χ1) is 11.6. The second-order valence-corrected chi connectivity index (χ2v) is 8.21. The Kier molecular flexibility index (Phi) is 3.89. The van der Waals surface area contributed by atoms with Gasteiger partial charge in [-0.25, -0.2) is 9.59 Å². The maximum Gasteiger partial charge on any atom is 0.335 e. The average Bonchev–Trinajstić information content (AvgIpc) is 2.71. The van der Waals surface area contributed by atoms with Gasteiger partial charge >= 0.3 is 5.97 Å². The van der Waals surface area contributed by atoms with Crippen LogP contribution in [0.4, 0.5) is 0 Å². The third-order valence-electron chi connectivity index (χ3n) is 6.74. The lowest BCUT2D eigenvalue weighted by Crippen LogP contribution is -2.33. The molecule has 0 amide bonds. The van der Waals surface area contributed by atoms with Crippen molar-refractivity contribution in [3.8, 4) is 0 Å². The Morgan fingerprint density at radius 2 is 1.88 bits per heavy atom. The van der Waals surface area contributed by atoms with Crippen molar-refractivity contribution in [3.05, 3.63) is 58.2 Å². The van der Waals surface area contributed by atoms with Gasteiger partial charge in [0, 0.05) is 12.0 Å². The van der Waals surface area contributed by atoms with Crippen LogP contribution >= 0.6 is 0 Å². The largest absolute Gasteiger partial charge is 0.478 e. The van der Waals surface area contributed by atoms with E-state index >= 15 is 0 Å². The van der Waals surface area contributed by atoms with E-state index in [1.807, 2.05) is 12.0 Å². The first kappa shape index (κ1) is 17.4. The number of carbonyl (C=O) groups is 1. The van der Waals surface area contributed by atoms with Gasteiger partial charge in [0.1, 0.15) is 5.94 Å². The molecule has 0 radical (unpaired) electrons. The molecule has 130 valence electrons. The van der Waals surface area contributed by atoms with E-state index in [9.17, 15) is 14.7 Å². The lowest BCUT2D eigenvalue weighted by molar-refractivity contribution is -0.132. The number of aliphatic carboxylic acids is 1. The van der Waals surface area contributed by atoms with E-state index in [0.717, 1.165) is 5.56 Å². The van der Waals surface area contributed by atoms with Gasteiger partial charge in [0.15, 0.2) is 0 Å². The van der Waals surface area contributed by atoms with E-state index in [2.05, 4.69) is 46.8 Å². The molecule has 3 nitrogen and oxygen atoms in total. The van der Waals surface area contributed by atoms with Crippen molar-refractivity contribution in [2.24, 2.45) is 5.41 Å². The number of carboxylic acids is 1. The van der Waals surface area contributed by atoms with Gasteiger partial charge < -0.3 is 5.11 Å². The first-order valence-electron chi connectivity index (χ1n) is 8.64. The molecule has 3 heteroatoms. The van der Waals surface area contributed by atoms with Crippen molar-refractivity contribution in [3.63, 3.8) is 0 Å². The summed E-state index contributed by atoms with van der Waals surface area (Å²) in [5, 5.41) is 9.53. The summed E-state index contributed by atoms with van der Waals surface area (Å²) in [7, 11) is 0. The van der Waals surface area contributed by atoms with Gasteiger partial charge in [-0.2, -0.15) is 0 Å². The number of allylic oxidation sites excluding steroid dienone is 3. The van der Waals surface area contributed by atoms with Crippen LogP contribution in [0.3, 0.4) is 0 Å². The van der Waals surface area contributed by atoms with Crippen LogP contribution in [0.15, 0.2) is 41.5 Å². The Hall–Kier alpha value is -2.38. The van der Waals surface area contributed by atoms with E-state index in [0.29, 0.717) is 23.5 Å². The number of carboxylic acid groups (broad SMARTS) is 1. The monoisotopic (exact) mass is 336 g/mol. The quantitative estimate of drug-likeness (QED) is 0.799. The summed E-state index contributed by atoms with van der Waals surface area (Å²) in [6.07, 6.45) is 3.36. The second kappa shape index (κ2) is 5.57. The fourth-order valence-corrected chi connectivity index (χ4v) is 4.10. The Morgan fingerprint density at radius 3 is 2.48 bits per heavy atom. The highest BCUT2D eigenvalue weighted by atomic mass is 16.4. The zero-order valence-electron chi connectivity index (χ0n) is 15.4. The van der Waals surface area contributed by atoms with Crippen molar-refractivity contribution in [1.82, 2.24) is 0 Å². The lowest BCUT2D eigenvalue weighted by atomic mass is 9.65. The van der Waals surface area contributed by atoms with Crippen molar-refractivity contribution in [1.29, 1.82) is 0 Å². The Morgan fingerprint density at radius 1 is 1.20 bits per heavy atom. The molecular weight excluding hydrogens is 312 g/mol. The molecule has 0 saturated carbocycles. The van der Waals surface area contributed by atoms with E-state index in [1.54, 1.807) is 6.08 Å². The number of fused-ring (bicyclic) bond motifs is 1. The highest BCUT2D eigenvalue weighted by molar-refractivity contribution is 6.01. The van der Waals surface area contributed by atoms with Gasteiger partial charge in [-0.05, 0) is 51.2 Å². The molecule has 0 saturated heterocycles. The van der Waals surface area contributed by atoms with Gasteiger partial charge in [0.2, 0.25) is 0 Å². The van der Waals surface area contributed by atoms with Crippen molar-refractivity contribution >= 4 is 17.5 Å². The lowest BCUT2D eigenvalue weighted by Gasteiger charge is -2.38. The van der Waals surface area contributed by atoms with E-state index in [1.165, 1.54) is 17.2 Å². The molecule has 3 rings (SSSR count). The summed E-state index contributed by atoms with van der Waals surface area (Å²) >= 11 is 0. The molecule has 2 aliphatic carbocycles. The number of rotatable bonds is 2. The fraction of sp³-hybridized carbons (Fsp3) is 0.409. The molecule has 1 aromatic rings. The van der Waals surface area contributed by atoms with Crippen molar-refractivity contribution in [2.75, 3.05) is 0 Å². The van der Waals surface area contributed by atoms with Crippen LogP contribution in [0.25, 0.3) is 5.57 Å². The van der Waals surface area contributed by atoms with Gasteiger partial charge in [-0.1, -0.05) is 52.8 Å². The van der Waals surface area contributed by atoms with Crippen LogP contribution < -0.4 is 0 Å². The number of carbonyl (C=O) groups excluding carboxylic acids is 1. The van der Waals surface area contributed by atoms with Crippen LogP contribution in [0, 0.1) is 5.41 Å². The van der Waals surface area contributed by atoms with Crippen LogP contribution in [0.5, 0.6) is 0 Å². The van der Waals surface area contributed by atoms with Gasteiger partial charge in [0.25, 0.3) is 0 Å². The van der Waals surface area contributed by atoms with E-state index in [4.69, 9.17) is 0 Å². The summed E-state index contributed by atoms with van der Waals surface area (Å²) < 4.78 is 0. The van der Waals surface area contributed by atoms with Crippen LogP contribution in [0.2, 0.25) is 0 Å². The predicted octanol–water partition coefficient (Wildman–Crippen LogP) is 4.66. The molecule has 0 aromatic heterocycles. The molecule has 0 bridgehead atoms. The average molecular weight is 336 g/mol. The minimum Gasteiger partial charge on any atom is -0.478 e. The van der Waals surface area contributed by atoms with Crippen LogP contribution in [0.1, 0.15) is 63.6 Å². The standard InChI is InChI=1S/C22H24O3/c1-13-16-9-7-15(11-19(16)22(4,5)21(13,2)3)18-10-14(12-23)6-8-17(18)20(24)25/h6-9,11,13H,10H2,1-5H3,(H,24,25). The van der Waals surface area contributed by atoms with Crippen LogP contribution in [-0.4, -0.2) is 17.0 Å². The Bertz CT molecular complexity index is 875. The minimum absolute atomic E-state index is 0.0183. The van der Waals surface area contributed by atoms with E-state index < -0.39 is 5.97 Å². The highest BCUT2D eigenvalue weighted by Crippen LogP contribution is 2.58. The molecule has 1 aromatic carbocycles. The molecule has 2 aliphatic rings. The van der Waals surface area contributed by atoms with E-state index in [-0.39, 0.29) is 16.4 Å². The molecule has 1 atom stereocenters. The smallest absolute Gasteiger partial charge is 0.335 e. The summed E-state index contributed by atoms with van der Waals surface area (Å²) in [4.78, 5) is 22.7. The normalized spacial score (nSPS) is 23.4. The number of benzene rings is 1. The van der Waals surface area contributed by atoms with Gasteiger partial charge in [-0.15, -0.1) is 0 Å². The topological polar surface area (TPSA) is 54.4 Å². The molecule has 0 fully saturated rings. The van der Waals surface area contributed by atoms with Crippen molar-refractivity contribution in [2.45, 2.75) is 52.4 Å². The Labute approximate surface area is 148 Å². The molecular formula is C22H24O3. The minimum atomic E-state index is -0.968. The maximum absolute atomic E-state index is 11.6.